The van der Waals surface area contributed by atoms with Crippen molar-refractivity contribution in [2.75, 3.05) is 36.8 Å². The largest absolute Gasteiger partial charge is 0.483 e. The normalized spacial score (nSPS) is 22.0. The Bertz CT molecular complexity index is 1150. The van der Waals surface area contributed by atoms with Crippen molar-refractivity contribution in [2.45, 2.75) is 44.9 Å². The van der Waals surface area contributed by atoms with Crippen LogP contribution in [0.1, 0.15) is 32.6 Å². The lowest BCUT2D eigenvalue weighted by atomic mass is 10.2. The van der Waals surface area contributed by atoms with Crippen molar-refractivity contribution < 1.29 is 17.5 Å². The molecule has 33 heavy (non-hydrogen) atoms. The first-order valence-corrected chi connectivity index (χ1v) is 13.2. The molecule has 8 nitrogen and oxygen atoms in total. The molecule has 11 heteroatoms. The van der Waals surface area contributed by atoms with Crippen LogP contribution in [0.25, 0.3) is 5.69 Å². The van der Waals surface area contributed by atoms with E-state index in [0.717, 1.165) is 0 Å². The Morgan fingerprint density at radius 1 is 1.21 bits per heavy atom. The molecule has 180 valence electrons. The molecular formula is C22H28ClFN4O4S. The Hall–Kier alpha value is -2.17. The number of ether oxygens (including phenoxy) is 1. The molecule has 1 aromatic carbocycles. The van der Waals surface area contributed by atoms with Gasteiger partial charge in [0, 0.05) is 37.6 Å². The van der Waals surface area contributed by atoms with Gasteiger partial charge in [0.25, 0.3) is 0 Å². The molecule has 2 heterocycles. The minimum Gasteiger partial charge on any atom is -0.483 e. The highest BCUT2D eigenvalue weighted by Gasteiger charge is 2.31. The minimum absolute atomic E-state index is 0.106. The van der Waals surface area contributed by atoms with E-state index in [1.54, 1.807) is 30.5 Å². The van der Waals surface area contributed by atoms with Crippen LogP contribution >= 0.6 is 11.6 Å². The fourth-order valence-electron chi connectivity index (χ4n) is 4.31. The summed E-state index contributed by atoms with van der Waals surface area (Å²) >= 11 is 6.09. The molecule has 2 aliphatic rings. The van der Waals surface area contributed by atoms with Gasteiger partial charge >= 0.3 is 5.56 Å². The molecule has 4 rings (SSSR count). The highest BCUT2D eigenvalue weighted by atomic mass is 35.5. The van der Waals surface area contributed by atoms with Crippen LogP contribution in [-0.4, -0.2) is 66.7 Å². The molecule has 2 atom stereocenters. The van der Waals surface area contributed by atoms with Crippen LogP contribution in [0.3, 0.4) is 0 Å². The van der Waals surface area contributed by atoms with E-state index in [9.17, 15) is 17.6 Å². The maximum absolute atomic E-state index is 13.8. The monoisotopic (exact) mass is 498 g/mol. The average molecular weight is 499 g/mol. The van der Waals surface area contributed by atoms with Gasteiger partial charge in [-0.1, -0.05) is 24.6 Å². The van der Waals surface area contributed by atoms with Crippen molar-refractivity contribution in [1.29, 1.82) is 0 Å². The quantitative estimate of drug-likeness (QED) is 0.583. The Morgan fingerprint density at radius 3 is 2.61 bits per heavy atom. The molecule has 2 fully saturated rings. The Labute approximate surface area is 197 Å². The molecule has 1 aliphatic heterocycles. The van der Waals surface area contributed by atoms with Gasteiger partial charge in [-0.15, -0.1) is 0 Å². The smallest absolute Gasteiger partial charge is 0.316 e. The van der Waals surface area contributed by atoms with Crippen molar-refractivity contribution in [3.05, 3.63) is 45.8 Å². The van der Waals surface area contributed by atoms with Crippen molar-refractivity contribution in [1.82, 2.24) is 14.1 Å². The summed E-state index contributed by atoms with van der Waals surface area (Å²) in [5.41, 5.74) is 0.528. The fourth-order valence-corrected chi connectivity index (χ4v) is 5.99. The van der Waals surface area contributed by atoms with E-state index in [0.29, 0.717) is 61.8 Å². The summed E-state index contributed by atoms with van der Waals surface area (Å²) < 4.78 is 47.4. The first-order valence-electron chi connectivity index (χ1n) is 11.2. The lowest BCUT2D eigenvalue weighted by Crippen LogP contribution is -2.49. The molecule has 0 spiro atoms. The van der Waals surface area contributed by atoms with Crippen LogP contribution in [0.2, 0.25) is 5.02 Å². The number of nitrogens with zero attached hydrogens (tertiary/aromatic N) is 4. The van der Waals surface area contributed by atoms with Crippen molar-refractivity contribution in [2.24, 2.45) is 0 Å². The van der Waals surface area contributed by atoms with E-state index in [1.165, 1.54) is 8.99 Å². The maximum Gasteiger partial charge on any atom is 0.316 e. The number of anilines is 1. The second-order valence-corrected chi connectivity index (χ2v) is 10.9. The molecule has 2 unspecified atom stereocenters. The van der Waals surface area contributed by atoms with Gasteiger partial charge in [0.1, 0.15) is 18.0 Å². The summed E-state index contributed by atoms with van der Waals surface area (Å²) in [6.07, 6.45) is 1.94. The lowest BCUT2D eigenvalue weighted by Gasteiger charge is -2.36. The zero-order valence-corrected chi connectivity index (χ0v) is 20.1. The molecule has 2 aromatic rings. The number of piperazine rings is 1. The third-order valence-corrected chi connectivity index (χ3v) is 8.32. The van der Waals surface area contributed by atoms with E-state index in [-0.39, 0.29) is 17.9 Å². The molecule has 1 aliphatic carbocycles. The first-order chi connectivity index (χ1) is 15.8. The summed E-state index contributed by atoms with van der Waals surface area (Å²) in [5, 5.41) is 4.80. The van der Waals surface area contributed by atoms with E-state index in [2.05, 4.69) is 5.10 Å². The average Bonchev–Trinajstić information content (AvgIpc) is 3.20. The third kappa shape index (κ3) is 5.33. The SMILES string of the molecule is CCCS(=O)(=O)N1CCN(c2cnn(-c3cccc(Cl)c3)c(=O)c2OC2CCC(F)C2)CC1. The predicted molar refractivity (Wildman–Crippen MR) is 126 cm³/mol. The first kappa shape index (κ1) is 24.0. The third-order valence-electron chi connectivity index (χ3n) is 6.01. The van der Waals surface area contributed by atoms with Gasteiger partial charge in [0.05, 0.1) is 17.6 Å². The zero-order valence-electron chi connectivity index (χ0n) is 18.5. The number of hydrogen-bond acceptors (Lipinski definition) is 6. The van der Waals surface area contributed by atoms with Gasteiger partial charge < -0.3 is 9.64 Å². The van der Waals surface area contributed by atoms with Crippen LogP contribution in [0, 0.1) is 0 Å². The van der Waals surface area contributed by atoms with Gasteiger partial charge in [-0.25, -0.2) is 12.8 Å². The molecule has 0 bridgehead atoms. The highest BCUT2D eigenvalue weighted by Crippen LogP contribution is 2.31. The second-order valence-electron chi connectivity index (χ2n) is 8.41. The van der Waals surface area contributed by atoms with Crippen molar-refractivity contribution in [3.8, 4) is 11.4 Å². The number of alkyl halides is 1. The number of benzene rings is 1. The number of sulfonamides is 1. The van der Waals surface area contributed by atoms with Gasteiger partial charge in [-0.2, -0.15) is 14.1 Å². The number of halogens is 2. The van der Waals surface area contributed by atoms with Gasteiger partial charge in [-0.3, -0.25) is 4.79 Å². The zero-order chi connectivity index (χ0) is 23.6. The summed E-state index contributed by atoms with van der Waals surface area (Å²) in [4.78, 5) is 15.3. The number of hydrogen-bond donors (Lipinski definition) is 0. The predicted octanol–water partition coefficient (Wildman–Crippen LogP) is 3.02. The fraction of sp³-hybridized carbons (Fsp3) is 0.545. The molecule has 1 saturated carbocycles. The van der Waals surface area contributed by atoms with Crippen LogP contribution in [-0.2, 0) is 10.0 Å². The Balaban J connectivity index is 1.65. The molecule has 0 N–H and O–H groups in total. The van der Waals surface area contributed by atoms with Crippen LogP contribution in [0.5, 0.6) is 5.75 Å². The lowest BCUT2D eigenvalue weighted by molar-refractivity contribution is 0.193. The summed E-state index contributed by atoms with van der Waals surface area (Å²) in [6.45, 7) is 3.27. The number of rotatable bonds is 7. The number of aromatic nitrogens is 2. The van der Waals surface area contributed by atoms with E-state index in [4.69, 9.17) is 16.3 Å². The van der Waals surface area contributed by atoms with Crippen LogP contribution < -0.4 is 15.2 Å². The maximum atomic E-state index is 13.8. The van der Waals surface area contributed by atoms with E-state index in [1.807, 2.05) is 11.8 Å². The summed E-state index contributed by atoms with van der Waals surface area (Å²) in [5.74, 6) is 0.221. The molecule has 0 radical (unpaired) electrons. The summed E-state index contributed by atoms with van der Waals surface area (Å²) in [7, 11) is -3.29. The minimum atomic E-state index is -3.29. The van der Waals surface area contributed by atoms with E-state index < -0.39 is 27.9 Å². The Kier molecular flexibility index (Phi) is 7.25. The van der Waals surface area contributed by atoms with Gasteiger partial charge in [0.2, 0.25) is 15.8 Å². The van der Waals surface area contributed by atoms with Crippen LogP contribution in [0.4, 0.5) is 10.1 Å². The summed E-state index contributed by atoms with van der Waals surface area (Å²) in [6, 6.07) is 6.77. The molecular weight excluding hydrogens is 471 g/mol. The molecule has 0 amide bonds. The van der Waals surface area contributed by atoms with Gasteiger partial charge in [0.15, 0.2) is 0 Å². The molecule has 1 aromatic heterocycles. The van der Waals surface area contributed by atoms with E-state index >= 15 is 0 Å². The second kappa shape index (κ2) is 9.99. The topological polar surface area (TPSA) is 84.7 Å². The Morgan fingerprint density at radius 2 is 1.97 bits per heavy atom. The molecule has 1 saturated heterocycles. The van der Waals surface area contributed by atoms with Crippen molar-refractivity contribution >= 4 is 27.3 Å². The van der Waals surface area contributed by atoms with Crippen molar-refractivity contribution in [3.63, 3.8) is 0 Å². The highest BCUT2D eigenvalue weighted by molar-refractivity contribution is 7.89. The van der Waals surface area contributed by atoms with Crippen LogP contribution in [0.15, 0.2) is 35.3 Å². The van der Waals surface area contributed by atoms with Gasteiger partial charge in [-0.05, 0) is 37.5 Å². The standard InChI is InChI=1S/C22H28ClFN4O4S/c1-2-12-33(30,31)27-10-8-26(9-11-27)20-15-25-28(18-5-3-4-16(23)13-18)22(29)21(20)32-19-7-6-17(24)14-19/h3-5,13,15,17,19H,2,6-12,14H2,1H3.